The molecule has 0 bridgehead atoms. The molecule has 0 aliphatic heterocycles. The van der Waals surface area contributed by atoms with Gasteiger partial charge >= 0.3 is 5.97 Å². The van der Waals surface area contributed by atoms with Gasteiger partial charge in [-0.15, -0.1) is 0 Å². The van der Waals surface area contributed by atoms with Crippen LogP contribution in [0.15, 0.2) is 36.5 Å². The van der Waals surface area contributed by atoms with Crippen molar-refractivity contribution in [2.24, 2.45) is 0 Å². The number of amides is 1. The minimum Gasteiger partial charge on any atom is -0.466 e. The Morgan fingerprint density at radius 2 is 0.675 bits per heavy atom. The molecule has 0 saturated heterocycles. The summed E-state index contributed by atoms with van der Waals surface area (Å²) in [6, 6.07) is -0.624. The number of aliphatic hydroxyl groups excluding tert-OH is 2. The van der Waals surface area contributed by atoms with E-state index in [0.717, 1.165) is 51.4 Å². The van der Waals surface area contributed by atoms with Crippen LogP contribution in [-0.2, 0) is 14.3 Å². The first-order valence-electron chi connectivity index (χ1n) is 34.8. The first-order chi connectivity index (χ1) is 38.0. The summed E-state index contributed by atoms with van der Waals surface area (Å²) >= 11 is 0. The lowest BCUT2D eigenvalue weighted by Gasteiger charge is -2.20. The minimum atomic E-state index is -0.841. The average Bonchev–Trinajstić information content (AvgIpc) is 3.43. The topological polar surface area (TPSA) is 95.9 Å². The second-order valence-corrected chi connectivity index (χ2v) is 23.9. The van der Waals surface area contributed by atoms with Gasteiger partial charge in [0.15, 0.2) is 0 Å². The largest absolute Gasteiger partial charge is 0.466 e. The van der Waals surface area contributed by atoms with Gasteiger partial charge < -0.3 is 20.3 Å². The summed E-state index contributed by atoms with van der Waals surface area (Å²) in [7, 11) is 0. The molecule has 0 spiro atoms. The van der Waals surface area contributed by atoms with E-state index >= 15 is 0 Å². The Balaban J connectivity index is 3.34. The highest BCUT2D eigenvalue weighted by Gasteiger charge is 2.18. The molecule has 77 heavy (non-hydrogen) atoms. The Morgan fingerprint density at radius 1 is 0.364 bits per heavy atom. The minimum absolute atomic E-state index is 0.00568. The van der Waals surface area contributed by atoms with Crippen LogP contribution in [0.25, 0.3) is 0 Å². The van der Waals surface area contributed by atoms with Crippen LogP contribution >= 0.6 is 0 Å². The van der Waals surface area contributed by atoms with Crippen LogP contribution < -0.4 is 5.32 Å². The first-order valence-corrected chi connectivity index (χ1v) is 34.8. The summed E-state index contributed by atoms with van der Waals surface area (Å²) in [4.78, 5) is 24.5. The summed E-state index contributed by atoms with van der Waals surface area (Å²) < 4.78 is 5.48. The van der Waals surface area contributed by atoms with Crippen molar-refractivity contribution in [1.82, 2.24) is 5.32 Å². The lowest BCUT2D eigenvalue weighted by atomic mass is 10.0. The molecule has 6 heteroatoms. The maximum Gasteiger partial charge on any atom is 0.305 e. The van der Waals surface area contributed by atoms with Gasteiger partial charge in [-0.05, 0) is 57.8 Å². The van der Waals surface area contributed by atoms with Gasteiger partial charge in [0.1, 0.15) is 0 Å². The van der Waals surface area contributed by atoms with Crippen molar-refractivity contribution >= 4 is 11.9 Å². The predicted octanol–water partition coefficient (Wildman–Crippen LogP) is 22.3. The Kier molecular flexibility index (Phi) is 64.9. The van der Waals surface area contributed by atoms with Crippen LogP contribution in [0.1, 0.15) is 380 Å². The molecule has 0 fully saturated rings. The molecule has 1 amide bonds. The fraction of sp³-hybridized carbons (Fsp3) is 0.887. The number of unbranched alkanes of at least 4 members (excludes halogenated alkanes) is 50. The number of rotatable bonds is 65. The van der Waals surface area contributed by atoms with Gasteiger partial charge in [0.05, 0.1) is 25.4 Å². The summed E-state index contributed by atoms with van der Waals surface area (Å²) in [5.41, 5.74) is 0. The smallest absolute Gasteiger partial charge is 0.305 e. The van der Waals surface area contributed by atoms with Crippen molar-refractivity contribution in [1.29, 1.82) is 0 Å². The highest BCUT2D eigenvalue weighted by molar-refractivity contribution is 5.76. The number of ether oxygens (including phenoxy) is 1. The van der Waals surface area contributed by atoms with Crippen LogP contribution in [0.2, 0.25) is 0 Å². The SMILES string of the molecule is CCC/C=C\C/C=C\CCCCCCCC(=O)OCCCCCCCCCCCCCCCCCCCCCCCCCCCCCCCCCCC(=O)NC(CO)C(O)/C=C/CCCCCCCCCCCCCCC. The van der Waals surface area contributed by atoms with Crippen LogP contribution in [0.3, 0.4) is 0 Å². The standard InChI is InChI=1S/C71H135NO5/c1-3-5-7-9-11-13-15-17-36-40-43-47-51-55-59-63-69(74)68(67-73)72-70(75)64-60-56-52-48-44-41-37-34-32-30-28-26-24-22-20-18-19-21-23-25-27-29-31-33-35-38-42-46-50-54-58-62-66-77-71(76)65-61-57-53-49-45-39-16-14-12-10-8-6-4-2/h8,10,14,16,59,63,68-69,73-74H,3-7,9,11-13,15,17-58,60-62,64-67H2,1-2H3,(H,72,75)/b10-8-,16-14-,63-59+. The van der Waals surface area contributed by atoms with E-state index in [1.807, 2.05) is 6.08 Å². The van der Waals surface area contributed by atoms with Gasteiger partial charge in [-0.25, -0.2) is 0 Å². The molecule has 0 aromatic rings. The maximum atomic E-state index is 12.5. The number of aliphatic hydroxyl groups is 2. The van der Waals surface area contributed by atoms with E-state index in [1.165, 1.54) is 302 Å². The van der Waals surface area contributed by atoms with Gasteiger partial charge in [-0.2, -0.15) is 0 Å². The molecule has 0 saturated carbocycles. The van der Waals surface area contributed by atoms with Gasteiger partial charge in [0, 0.05) is 12.8 Å². The zero-order valence-corrected chi connectivity index (χ0v) is 52.0. The second kappa shape index (κ2) is 66.6. The number of hydrogen-bond donors (Lipinski definition) is 3. The van der Waals surface area contributed by atoms with Gasteiger partial charge in [0.2, 0.25) is 5.91 Å². The van der Waals surface area contributed by atoms with Gasteiger partial charge in [0.25, 0.3) is 0 Å². The Morgan fingerprint density at radius 3 is 1.04 bits per heavy atom. The first kappa shape index (κ1) is 75.1. The number of allylic oxidation sites excluding steroid dienone is 5. The third-order valence-electron chi connectivity index (χ3n) is 16.1. The Labute approximate surface area is 481 Å². The summed E-state index contributed by atoms with van der Waals surface area (Å²) in [5, 5.41) is 23.2. The van der Waals surface area contributed by atoms with Crippen molar-refractivity contribution in [2.45, 2.75) is 392 Å². The van der Waals surface area contributed by atoms with Crippen molar-refractivity contribution in [3.8, 4) is 0 Å². The second-order valence-electron chi connectivity index (χ2n) is 23.9. The van der Waals surface area contributed by atoms with E-state index in [0.29, 0.717) is 19.4 Å². The third-order valence-corrected chi connectivity index (χ3v) is 16.1. The van der Waals surface area contributed by atoms with Crippen LogP contribution in [0, 0.1) is 0 Å². The maximum absolute atomic E-state index is 12.5. The Hall–Kier alpha value is -1.92. The number of hydrogen-bond acceptors (Lipinski definition) is 5. The molecule has 0 aliphatic rings. The van der Waals surface area contributed by atoms with Crippen molar-refractivity contribution in [3.05, 3.63) is 36.5 Å². The fourth-order valence-electron chi connectivity index (χ4n) is 10.9. The van der Waals surface area contributed by atoms with Crippen molar-refractivity contribution < 1.29 is 24.5 Å². The summed E-state index contributed by atoms with van der Waals surface area (Å²) in [5.74, 6) is -0.0557. The molecule has 3 N–H and O–H groups in total. The lowest BCUT2D eigenvalue weighted by Crippen LogP contribution is -2.45. The highest BCUT2D eigenvalue weighted by Crippen LogP contribution is 2.19. The number of esters is 1. The molecule has 0 radical (unpaired) electrons. The molecule has 6 nitrogen and oxygen atoms in total. The van der Waals surface area contributed by atoms with Crippen LogP contribution in [-0.4, -0.2) is 47.4 Å². The normalized spacial score (nSPS) is 12.7. The monoisotopic (exact) mass is 1080 g/mol. The van der Waals surface area contributed by atoms with E-state index in [1.54, 1.807) is 6.08 Å². The molecule has 0 aromatic heterocycles. The number of nitrogens with one attached hydrogen (secondary N) is 1. The predicted molar refractivity (Wildman–Crippen MR) is 338 cm³/mol. The highest BCUT2D eigenvalue weighted by atomic mass is 16.5. The van der Waals surface area contributed by atoms with Crippen LogP contribution in [0.5, 0.6) is 0 Å². The fourth-order valence-corrected chi connectivity index (χ4v) is 10.9. The molecule has 0 heterocycles. The van der Waals surface area contributed by atoms with E-state index in [-0.39, 0.29) is 18.5 Å². The number of carbonyl (C=O) groups is 2. The summed E-state index contributed by atoms with van der Waals surface area (Å²) in [6.07, 6.45) is 85.2. The molecule has 0 aromatic carbocycles. The van der Waals surface area contributed by atoms with Crippen LogP contribution in [0.4, 0.5) is 0 Å². The molecule has 2 unspecified atom stereocenters. The van der Waals surface area contributed by atoms with Crippen molar-refractivity contribution in [2.75, 3.05) is 13.2 Å². The quantitative estimate of drug-likeness (QED) is 0.0320. The zero-order chi connectivity index (χ0) is 55.7. The van der Waals surface area contributed by atoms with Gasteiger partial charge in [-0.1, -0.05) is 346 Å². The molecule has 0 rings (SSSR count). The molecule has 454 valence electrons. The average molecular weight is 1080 g/mol. The molecular weight excluding hydrogens is 947 g/mol. The molecule has 2 atom stereocenters. The van der Waals surface area contributed by atoms with E-state index < -0.39 is 12.1 Å². The van der Waals surface area contributed by atoms with Gasteiger partial charge in [-0.3, -0.25) is 9.59 Å². The molecule has 0 aliphatic carbocycles. The third kappa shape index (κ3) is 63.1. The van der Waals surface area contributed by atoms with E-state index in [9.17, 15) is 19.8 Å². The van der Waals surface area contributed by atoms with Crippen molar-refractivity contribution in [3.63, 3.8) is 0 Å². The van der Waals surface area contributed by atoms with E-state index in [2.05, 4.69) is 43.5 Å². The van der Waals surface area contributed by atoms with E-state index in [4.69, 9.17) is 4.74 Å². The summed E-state index contributed by atoms with van der Waals surface area (Å²) in [6.45, 7) is 4.86. The molecular formula is C71H135NO5. The Bertz CT molecular complexity index is 1250. The lowest BCUT2D eigenvalue weighted by molar-refractivity contribution is -0.143. The number of carbonyl (C=O) groups excluding carboxylic acids is 2. The zero-order valence-electron chi connectivity index (χ0n) is 52.0.